The highest BCUT2D eigenvalue weighted by Gasteiger charge is 2.31. The number of nitrogens with two attached hydrogens (primary N) is 1. The standard InChI is InChI=1S/C13H17ClN2O.ClH/c1-9(15)13(17)16-7-3-6-12(16)10-4-2-5-11(14)8-10;/h2,4-5,8-9,12H,3,6-7,15H2,1H3;1H/t9-,12?;/m1./s1. The highest BCUT2D eigenvalue weighted by atomic mass is 35.5. The Morgan fingerprint density at radius 3 is 2.89 bits per heavy atom. The Morgan fingerprint density at radius 2 is 2.28 bits per heavy atom. The molecule has 18 heavy (non-hydrogen) atoms. The topological polar surface area (TPSA) is 46.3 Å². The first-order chi connectivity index (χ1) is 8.09. The van der Waals surface area contributed by atoms with Gasteiger partial charge in [-0.1, -0.05) is 23.7 Å². The molecule has 0 saturated carbocycles. The second-order valence-corrected chi connectivity index (χ2v) is 4.97. The van der Waals surface area contributed by atoms with E-state index in [1.165, 1.54) is 0 Å². The zero-order valence-electron chi connectivity index (χ0n) is 10.3. The predicted octanol–water partition coefficient (Wildman–Crippen LogP) is 2.77. The van der Waals surface area contributed by atoms with Gasteiger partial charge >= 0.3 is 0 Å². The summed E-state index contributed by atoms with van der Waals surface area (Å²) in [6.07, 6.45) is 2.01. The normalized spacial score (nSPS) is 20.4. The van der Waals surface area contributed by atoms with E-state index in [-0.39, 0.29) is 24.4 Å². The lowest BCUT2D eigenvalue weighted by Crippen LogP contribution is -2.41. The van der Waals surface area contributed by atoms with E-state index >= 15 is 0 Å². The van der Waals surface area contributed by atoms with Crippen LogP contribution >= 0.6 is 24.0 Å². The van der Waals surface area contributed by atoms with E-state index < -0.39 is 6.04 Å². The molecule has 5 heteroatoms. The van der Waals surface area contributed by atoms with Gasteiger partial charge in [-0.15, -0.1) is 12.4 Å². The van der Waals surface area contributed by atoms with Crippen molar-refractivity contribution < 1.29 is 4.79 Å². The summed E-state index contributed by atoms with van der Waals surface area (Å²) in [4.78, 5) is 13.9. The number of carbonyl (C=O) groups is 1. The van der Waals surface area contributed by atoms with E-state index in [0.29, 0.717) is 5.02 Å². The van der Waals surface area contributed by atoms with E-state index in [1.807, 2.05) is 29.2 Å². The SMILES string of the molecule is C[C@@H](N)C(=O)N1CCCC1c1cccc(Cl)c1.Cl. The molecular weight excluding hydrogens is 271 g/mol. The van der Waals surface area contributed by atoms with Crippen molar-refractivity contribution in [1.82, 2.24) is 4.90 Å². The molecule has 0 radical (unpaired) electrons. The molecule has 100 valence electrons. The van der Waals surface area contributed by atoms with Crippen LogP contribution in [0.5, 0.6) is 0 Å². The fraction of sp³-hybridized carbons (Fsp3) is 0.462. The molecule has 0 aromatic heterocycles. The molecule has 2 rings (SSSR count). The summed E-state index contributed by atoms with van der Waals surface area (Å²) in [6, 6.07) is 7.41. The molecule has 1 saturated heterocycles. The highest BCUT2D eigenvalue weighted by molar-refractivity contribution is 6.30. The molecule has 1 fully saturated rings. The lowest BCUT2D eigenvalue weighted by molar-refractivity contribution is -0.133. The van der Waals surface area contributed by atoms with Gasteiger partial charge < -0.3 is 10.6 Å². The molecule has 1 heterocycles. The van der Waals surface area contributed by atoms with Gasteiger partial charge in [0, 0.05) is 11.6 Å². The summed E-state index contributed by atoms with van der Waals surface area (Å²) in [5.41, 5.74) is 6.77. The number of likely N-dealkylation sites (tertiary alicyclic amines) is 1. The van der Waals surface area contributed by atoms with Crippen molar-refractivity contribution in [3.63, 3.8) is 0 Å². The summed E-state index contributed by atoms with van der Waals surface area (Å²) >= 11 is 5.98. The maximum Gasteiger partial charge on any atom is 0.239 e. The van der Waals surface area contributed by atoms with Crippen LogP contribution < -0.4 is 5.73 Å². The summed E-state index contributed by atoms with van der Waals surface area (Å²) in [7, 11) is 0. The largest absolute Gasteiger partial charge is 0.334 e. The van der Waals surface area contributed by atoms with Gasteiger partial charge in [-0.05, 0) is 37.5 Å². The third-order valence-corrected chi connectivity index (χ3v) is 3.39. The summed E-state index contributed by atoms with van der Waals surface area (Å²) < 4.78 is 0. The van der Waals surface area contributed by atoms with Crippen LogP contribution in [0.15, 0.2) is 24.3 Å². The van der Waals surface area contributed by atoms with E-state index in [4.69, 9.17) is 17.3 Å². The number of halogens is 2. The minimum absolute atomic E-state index is 0. The molecule has 2 atom stereocenters. The van der Waals surface area contributed by atoms with Crippen LogP contribution in [0, 0.1) is 0 Å². The number of benzene rings is 1. The molecule has 0 spiro atoms. The molecule has 1 aromatic rings. The van der Waals surface area contributed by atoms with Crippen LogP contribution in [0.4, 0.5) is 0 Å². The van der Waals surface area contributed by atoms with Crippen molar-refractivity contribution in [3.05, 3.63) is 34.9 Å². The Morgan fingerprint density at radius 1 is 1.56 bits per heavy atom. The summed E-state index contributed by atoms with van der Waals surface area (Å²) in [6.45, 7) is 2.52. The maximum absolute atomic E-state index is 12.0. The Kier molecular flexibility index (Phi) is 5.45. The summed E-state index contributed by atoms with van der Waals surface area (Å²) in [5, 5.41) is 0.711. The molecule has 1 amide bonds. The fourth-order valence-corrected chi connectivity index (χ4v) is 2.55. The Hall–Kier alpha value is -0.770. The van der Waals surface area contributed by atoms with Crippen LogP contribution in [-0.2, 0) is 4.79 Å². The first-order valence-corrected chi connectivity index (χ1v) is 6.29. The Labute approximate surface area is 119 Å². The molecule has 1 aliphatic rings. The Bertz CT molecular complexity index is 423. The lowest BCUT2D eigenvalue weighted by Gasteiger charge is -2.26. The maximum atomic E-state index is 12.0. The van der Waals surface area contributed by atoms with Gasteiger partial charge in [0.2, 0.25) is 5.91 Å². The minimum atomic E-state index is -0.435. The third kappa shape index (κ3) is 3.16. The average molecular weight is 289 g/mol. The van der Waals surface area contributed by atoms with Crippen molar-refractivity contribution >= 4 is 29.9 Å². The van der Waals surface area contributed by atoms with Crippen molar-refractivity contribution in [3.8, 4) is 0 Å². The van der Waals surface area contributed by atoms with E-state index in [1.54, 1.807) is 6.92 Å². The van der Waals surface area contributed by atoms with Gasteiger partial charge in [0.15, 0.2) is 0 Å². The zero-order valence-corrected chi connectivity index (χ0v) is 11.9. The molecule has 0 aliphatic carbocycles. The van der Waals surface area contributed by atoms with Crippen LogP contribution in [-0.4, -0.2) is 23.4 Å². The highest BCUT2D eigenvalue weighted by Crippen LogP contribution is 2.33. The number of hydrogen-bond acceptors (Lipinski definition) is 2. The van der Waals surface area contributed by atoms with E-state index in [9.17, 15) is 4.79 Å². The van der Waals surface area contributed by atoms with E-state index in [2.05, 4.69) is 0 Å². The number of amides is 1. The number of carbonyl (C=O) groups excluding carboxylic acids is 1. The van der Waals surface area contributed by atoms with Crippen molar-refractivity contribution in [2.75, 3.05) is 6.54 Å². The summed E-state index contributed by atoms with van der Waals surface area (Å²) in [5.74, 6) is 0.0208. The molecule has 1 unspecified atom stereocenters. The van der Waals surface area contributed by atoms with Gasteiger partial charge in [-0.2, -0.15) is 0 Å². The number of nitrogens with zero attached hydrogens (tertiary/aromatic N) is 1. The Balaban J connectivity index is 0.00000162. The fourth-order valence-electron chi connectivity index (χ4n) is 2.35. The van der Waals surface area contributed by atoms with Crippen LogP contribution in [0.2, 0.25) is 5.02 Å². The molecule has 3 nitrogen and oxygen atoms in total. The molecule has 1 aromatic carbocycles. The zero-order chi connectivity index (χ0) is 12.4. The van der Waals surface area contributed by atoms with Gasteiger partial charge in [0.25, 0.3) is 0 Å². The van der Waals surface area contributed by atoms with Gasteiger partial charge in [-0.3, -0.25) is 4.79 Å². The first kappa shape index (κ1) is 15.3. The smallest absolute Gasteiger partial charge is 0.239 e. The predicted molar refractivity (Wildman–Crippen MR) is 76.0 cm³/mol. The number of rotatable bonds is 2. The van der Waals surface area contributed by atoms with Crippen molar-refractivity contribution in [2.24, 2.45) is 5.73 Å². The second-order valence-electron chi connectivity index (χ2n) is 4.53. The van der Waals surface area contributed by atoms with Crippen LogP contribution in [0.25, 0.3) is 0 Å². The van der Waals surface area contributed by atoms with Crippen LogP contribution in [0.1, 0.15) is 31.4 Å². The lowest BCUT2D eigenvalue weighted by atomic mass is 10.0. The molecule has 2 N–H and O–H groups in total. The molecule has 0 bridgehead atoms. The van der Waals surface area contributed by atoms with Crippen LogP contribution in [0.3, 0.4) is 0 Å². The quantitative estimate of drug-likeness (QED) is 0.910. The van der Waals surface area contributed by atoms with Gasteiger partial charge in [-0.25, -0.2) is 0 Å². The third-order valence-electron chi connectivity index (χ3n) is 3.16. The minimum Gasteiger partial charge on any atom is -0.334 e. The molecular formula is C13H18Cl2N2O. The molecule has 1 aliphatic heterocycles. The van der Waals surface area contributed by atoms with E-state index in [0.717, 1.165) is 24.9 Å². The van der Waals surface area contributed by atoms with Gasteiger partial charge in [0.05, 0.1) is 12.1 Å². The second kappa shape index (κ2) is 6.41. The van der Waals surface area contributed by atoms with Crippen molar-refractivity contribution in [1.29, 1.82) is 0 Å². The monoisotopic (exact) mass is 288 g/mol. The average Bonchev–Trinajstić information content (AvgIpc) is 2.76. The first-order valence-electron chi connectivity index (χ1n) is 5.91. The van der Waals surface area contributed by atoms with Crippen molar-refractivity contribution in [2.45, 2.75) is 31.8 Å². The van der Waals surface area contributed by atoms with Gasteiger partial charge in [0.1, 0.15) is 0 Å². The number of hydrogen-bond donors (Lipinski definition) is 1.